The Balaban J connectivity index is 2.40. The fourth-order valence-corrected chi connectivity index (χ4v) is 1.75. The lowest BCUT2D eigenvalue weighted by Gasteiger charge is -2.19. The lowest BCUT2D eigenvalue weighted by atomic mass is 10.1. The van der Waals surface area contributed by atoms with E-state index in [1.54, 1.807) is 6.92 Å². The molecule has 0 fully saturated rings. The van der Waals surface area contributed by atoms with Crippen LogP contribution in [0.1, 0.15) is 32.3 Å². The second-order valence-electron chi connectivity index (χ2n) is 4.75. The molecule has 1 aromatic rings. The van der Waals surface area contributed by atoms with Crippen LogP contribution in [0.25, 0.3) is 0 Å². The topological polar surface area (TPSA) is 78.4 Å². The Hall–Kier alpha value is -1.88. The molecule has 0 bridgehead atoms. The van der Waals surface area contributed by atoms with Gasteiger partial charge in [0.15, 0.2) is 6.10 Å². The second kappa shape index (κ2) is 8.32. The summed E-state index contributed by atoms with van der Waals surface area (Å²) in [5, 5.41) is 15.1. The van der Waals surface area contributed by atoms with Crippen LogP contribution in [0.3, 0.4) is 0 Å². The Kier molecular flexibility index (Phi) is 6.73. The number of benzene rings is 1. The molecule has 0 aliphatic heterocycles. The molecule has 3 N–H and O–H groups in total. The van der Waals surface area contributed by atoms with Gasteiger partial charge in [0.2, 0.25) is 5.91 Å². The molecule has 110 valence electrons. The van der Waals surface area contributed by atoms with E-state index in [0.29, 0.717) is 13.0 Å². The van der Waals surface area contributed by atoms with Gasteiger partial charge in [0.25, 0.3) is 5.91 Å². The maximum Gasteiger partial charge on any atom is 0.251 e. The quantitative estimate of drug-likeness (QED) is 0.695. The van der Waals surface area contributed by atoms with Gasteiger partial charge in [-0.3, -0.25) is 9.59 Å². The Bertz CT molecular complexity index is 434. The van der Waals surface area contributed by atoms with Crippen LogP contribution in [0.2, 0.25) is 0 Å². The summed E-state index contributed by atoms with van der Waals surface area (Å²) in [4.78, 5) is 23.2. The first-order valence-electron chi connectivity index (χ1n) is 6.83. The van der Waals surface area contributed by atoms with Crippen molar-refractivity contribution in [1.29, 1.82) is 0 Å². The summed E-state index contributed by atoms with van der Waals surface area (Å²) in [6.07, 6.45) is -0.128. The highest BCUT2D eigenvalue weighted by Crippen LogP contribution is 1.99. The molecular weight excluding hydrogens is 256 g/mol. The number of hydrogen-bond donors (Lipinski definition) is 3. The van der Waals surface area contributed by atoms with Crippen LogP contribution >= 0.6 is 0 Å². The van der Waals surface area contributed by atoms with Gasteiger partial charge in [-0.15, -0.1) is 0 Å². The monoisotopic (exact) mass is 278 g/mol. The molecule has 0 saturated heterocycles. The zero-order valence-electron chi connectivity index (χ0n) is 11.9. The summed E-state index contributed by atoms with van der Waals surface area (Å²) in [6.45, 7) is 3.86. The third-order valence-corrected chi connectivity index (χ3v) is 2.92. The molecule has 0 spiro atoms. The van der Waals surface area contributed by atoms with Gasteiger partial charge in [0, 0.05) is 13.0 Å². The van der Waals surface area contributed by atoms with Gasteiger partial charge in [-0.2, -0.15) is 0 Å². The van der Waals surface area contributed by atoms with Crippen LogP contribution in [-0.2, 0) is 16.1 Å². The number of amides is 2. The van der Waals surface area contributed by atoms with Crippen molar-refractivity contribution in [3.8, 4) is 0 Å². The Morgan fingerprint density at radius 1 is 1.25 bits per heavy atom. The lowest BCUT2D eigenvalue weighted by Crippen LogP contribution is -2.48. The Labute approximate surface area is 119 Å². The number of carbonyl (C=O) groups is 2. The minimum absolute atomic E-state index is 0.157. The minimum Gasteiger partial charge on any atom is -0.381 e. The summed E-state index contributed by atoms with van der Waals surface area (Å²) >= 11 is 0. The van der Waals surface area contributed by atoms with E-state index < -0.39 is 18.1 Å². The van der Waals surface area contributed by atoms with E-state index in [1.165, 1.54) is 0 Å². The van der Waals surface area contributed by atoms with Gasteiger partial charge in [-0.1, -0.05) is 37.3 Å². The summed E-state index contributed by atoms with van der Waals surface area (Å²) in [5.74, 6) is -0.645. The lowest BCUT2D eigenvalue weighted by molar-refractivity contribution is -0.132. The van der Waals surface area contributed by atoms with Gasteiger partial charge in [-0.05, 0) is 18.9 Å². The first-order valence-corrected chi connectivity index (χ1v) is 6.83. The number of carbonyl (C=O) groups excluding carboxylic acids is 2. The van der Waals surface area contributed by atoms with E-state index >= 15 is 0 Å². The average Bonchev–Trinajstić information content (AvgIpc) is 2.45. The Morgan fingerprint density at radius 2 is 1.90 bits per heavy atom. The normalized spacial score (nSPS) is 13.3. The largest absolute Gasteiger partial charge is 0.381 e. The van der Waals surface area contributed by atoms with Crippen molar-refractivity contribution in [2.75, 3.05) is 0 Å². The van der Waals surface area contributed by atoms with Crippen LogP contribution in [0.15, 0.2) is 30.3 Å². The molecule has 0 aliphatic rings. The summed E-state index contributed by atoms with van der Waals surface area (Å²) in [5.41, 5.74) is 0.954. The van der Waals surface area contributed by atoms with E-state index in [2.05, 4.69) is 10.6 Å². The van der Waals surface area contributed by atoms with Crippen LogP contribution < -0.4 is 10.6 Å². The molecule has 0 radical (unpaired) electrons. The van der Waals surface area contributed by atoms with Crippen molar-refractivity contribution in [2.45, 2.75) is 45.4 Å². The van der Waals surface area contributed by atoms with Crippen LogP contribution in [-0.4, -0.2) is 29.1 Å². The first-order chi connectivity index (χ1) is 9.54. The second-order valence-corrected chi connectivity index (χ2v) is 4.75. The van der Waals surface area contributed by atoms with Gasteiger partial charge in [0.05, 0.1) is 6.04 Å². The summed E-state index contributed by atoms with van der Waals surface area (Å²) in [6, 6.07) is 8.82. The first kappa shape index (κ1) is 16.2. The molecule has 1 rings (SSSR count). The number of hydrogen-bond acceptors (Lipinski definition) is 3. The maximum absolute atomic E-state index is 11.8. The number of rotatable bonds is 7. The fraction of sp³-hybridized carbons (Fsp3) is 0.467. The SMILES string of the molecule is CCCC(=O)N[C@@H](C)C(O)C(=O)NCc1ccccc1. The van der Waals surface area contributed by atoms with Gasteiger partial charge >= 0.3 is 0 Å². The van der Waals surface area contributed by atoms with Crippen molar-refractivity contribution in [2.24, 2.45) is 0 Å². The van der Waals surface area contributed by atoms with E-state index in [1.807, 2.05) is 37.3 Å². The highest BCUT2D eigenvalue weighted by atomic mass is 16.3. The van der Waals surface area contributed by atoms with Crippen LogP contribution in [0.5, 0.6) is 0 Å². The standard InChI is InChI=1S/C15H22N2O3/c1-3-7-13(18)17-11(2)14(19)15(20)16-10-12-8-5-4-6-9-12/h4-6,8-9,11,14,19H,3,7,10H2,1-2H3,(H,16,20)(H,17,18)/t11-,14?/m0/s1. The van der Waals surface area contributed by atoms with Crippen molar-refractivity contribution in [3.63, 3.8) is 0 Å². The van der Waals surface area contributed by atoms with E-state index in [-0.39, 0.29) is 5.91 Å². The zero-order chi connectivity index (χ0) is 15.0. The number of aliphatic hydroxyl groups excluding tert-OH is 1. The molecule has 0 saturated carbocycles. The van der Waals surface area contributed by atoms with E-state index in [4.69, 9.17) is 0 Å². The number of nitrogens with one attached hydrogen (secondary N) is 2. The van der Waals surface area contributed by atoms with Gasteiger partial charge < -0.3 is 15.7 Å². The zero-order valence-corrected chi connectivity index (χ0v) is 11.9. The molecule has 20 heavy (non-hydrogen) atoms. The highest BCUT2D eigenvalue weighted by molar-refractivity contribution is 5.83. The van der Waals surface area contributed by atoms with Gasteiger partial charge in [0.1, 0.15) is 0 Å². The summed E-state index contributed by atoms with van der Waals surface area (Å²) < 4.78 is 0. The number of aliphatic hydroxyl groups is 1. The van der Waals surface area contributed by atoms with Crippen molar-refractivity contribution < 1.29 is 14.7 Å². The molecule has 5 heteroatoms. The Morgan fingerprint density at radius 3 is 2.50 bits per heavy atom. The molecule has 2 atom stereocenters. The predicted octanol–water partition coefficient (Wildman–Crippen LogP) is 0.969. The van der Waals surface area contributed by atoms with Crippen molar-refractivity contribution in [3.05, 3.63) is 35.9 Å². The smallest absolute Gasteiger partial charge is 0.251 e. The highest BCUT2D eigenvalue weighted by Gasteiger charge is 2.23. The van der Waals surface area contributed by atoms with Gasteiger partial charge in [-0.25, -0.2) is 0 Å². The molecule has 0 aromatic heterocycles. The predicted molar refractivity (Wildman–Crippen MR) is 76.8 cm³/mol. The average molecular weight is 278 g/mol. The van der Waals surface area contributed by atoms with Crippen molar-refractivity contribution >= 4 is 11.8 Å². The van der Waals surface area contributed by atoms with E-state index in [9.17, 15) is 14.7 Å². The molecule has 1 unspecified atom stereocenters. The third-order valence-electron chi connectivity index (χ3n) is 2.92. The molecule has 5 nitrogen and oxygen atoms in total. The molecular formula is C15H22N2O3. The minimum atomic E-state index is -1.25. The van der Waals surface area contributed by atoms with E-state index in [0.717, 1.165) is 12.0 Å². The van der Waals surface area contributed by atoms with Crippen molar-refractivity contribution in [1.82, 2.24) is 10.6 Å². The molecule has 2 amide bonds. The van der Waals surface area contributed by atoms with Crippen LogP contribution in [0, 0.1) is 0 Å². The summed E-state index contributed by atoms with van der Waals surface area (Å²) in [7, 11) is 0. The van der Waals surface area contributed by atoms with Crippen LogP contribution in [0.4, 0.5) is 0 Å². The molecule has 0 heterocycles. The molecule has 0 aliphatic carbocycles. The molecule has 1 aromatic carbocycles. The third kappa shape index (κ3) is 5.40. The maximum atomic E-state index is 11.8. The fourth-order valence-electron chi connectivity index (χ4n) is 1.75.